The van der Waals surface area contributed by atoms with Crippen molar-refractivity contribution in [3.05, 3.63) is 71.5 Å². The van der Waals surface area contributed by atoms with Crippen LogP contribution in [0.25, 0.3) is 6.08 Å². The number of ketones is 1. The molecule has 2 aromatic rings. The molecule has 0 amide bonds. The van der Waals surface area contributed by atoms with Gasteiger partial charge in [-0.3, -0.25) is 4.79 Å². The Bertz CT molecular complexity index is 586. The minimum atomic E-state index is -0.473. The first-order chi connectivity index (χ1) is 8.68. The van der Waals surface area contributed by atoms with Gasteiger partial charge in [0.2, 0.25) is 5.78 Å². The number of carbonyl (C=O) groups excluding carboxylic acids is 1. The number of allylic oxidation sites excluding steroid dienone is 1. The number of phenols is 1. The number of aromatic hydroxyl groups is 1. The molecule has 3 heteroatoms. The van der Waals surface area contributed by atoms with E-state index in [1.807, 2.05) is 0 Å². The van der Waals surface area contributed by atoms with Gasteiger partial charge in [0.15, 0.2) is 5.76 Å². The topological polar surface area (TPSA) is 57.5 Å². The fourth-order valence-electron chi connectivity index (χ4n) is 1.56. The van der Waals surface area contributed by atoms with Gasteiger partial charge in [0, 0.05) is 11.1 Å². The monoisotopic (exact) mass is 240 g/mol. The van der Waals surface area contributed by atoms with Gasteiger partial charge >= 0.3 is 0 Å². The zero-order valence-corrected chi connectivity index (χ0v) is 9.58. The molecule has 3 nitrogen and oxygen atoms in total. The maximum absolute atomic E-state index is 11.9. The second-order valence-electron chi connectivity index (χ2n) is 3.78. The summed E-state index contributed by atoms with van der Waals surface area (Å²) in [5.74, 6) is -0.855. The molecule has 0 radical (unpaired) electrons. The summed E-state index contributed by atoms with van der Waals surface area (Å²) in [4.78, 5) is 11.9. The fourth-order valence-corrected chi connectivity index (χ4v) is 1.56. The molecule has 2 aromatic carbocycles. The van der Waals surface area contributed by atoms with E-state index >= 15 is 0 Å². The van der Waals surface area contributed by atoms with Crippen LogP contribution in [0, 0.1) is 0 Å². The SMILES string of the molecule is O=C(/C(O)=C/c1ccccc1O)c1ccccc1. The predicted molar refractivity (Wildman–Crippen MR) is 69.5 cm³/mol. The van der Waals surface area contributed by atoms with Crippen LogP contribution in [0.4, 0.5) is 0 Å². The number of hydrogen-bond donors (Lipinski definition) is 2. The minimum absolute atomic E-state index is 0.0184. The number of carbonyl (C=O) groups is 1. The number of rotatable bonds is 3. The number of hydrogen-bond acceptors (Lipinski definition) is 3. The highest BCUT2D eigenvalue weighted by molar-refractivity contribution is 6.09. The number of aliphatic hydroxyl groups is 1. The van der Waals surface area contributed by atoms with Crippen molar-refractivity contribution in [2.75, 3.05) is 0 Å². The largest absolute Gasteiger partial charge is 0.507 e. The lowest BCUT2D eigenvalue weighted by molar-refractivity contribution is 0.0980. The molecule has 2 N–H and O–H groups in total. The van der Waals surface area contributed by atoms with E-state index in [-0.39, 0.29) is 5.75 Å². The van der Waals surface area contributed by atoms with Crippen molar-refractivity contribution in [2.45, 2.75) is 0 Å². The molecule has 0 spiro atoms. The first kappa shape index (κ1) is 11.9. The molecule has 0 atom stereocenters. The van der Waals surface area contributed by atoms with Gasteiger partial charge in [0.1, 0.15) is 5.75 Å². The summed E-state index contributed by atoms with van der Waals surface area (Å²) in [6.45, 7) is 0. The normalized spacial score (nSPS) is 11.2. The number of para-hydroxylation sites is 1. The molecular weight excluding hydrogens is 228 g/mol. The molecular formula is C15H12O3. The molecule has 2 rings (SSSR count). The second-order valence-corrected chi connectivity index (χ2v) is 3.78. The molecule has 0 saturated heterocycles. The van der Waals surface area contributed by atoms with Gasteiger partial charge in [0.05, 0.1) is 0 Å². The molecule has 0 aliphatic heterocycles. The third-order valence-corrected chi connectivity index (χ3v) is 2.50. The second kappa shape index (κ2) is 5.19. The summed E-state index contributed by atoms with van der Waals surface area (Å²) >= 11 is 0. The Morgan fingerprint density at radius 1 is 0.944 bits per heavy atom. The Labute approximate surface area is 105 Å². The molecule has 0 aliphatic rings. The molecule has 0 aromatic heterocycles. The van der Waals surface area contributed by atoms with Gasteiger partial charge in [-0.2, -0.15) is 0 Å². The first-order valence-electron chi connectivity index (χ1n) is 5.47. The maximum Gasteiger partial charge on any atom is 0.227 e. The number of Topliss-reactive ketones (excluding diaryl/α,β-unsaturated/α-hetero) is 1. The lowest BCUT2D eigenvalue weighted by Gasteiger charge is -2.01. The van der Waals surface area contributed by atoms with Gasteiger partial charge in [-0.25, -0.2) is 0 Å². The average molecular weight is 240 g/mol. The highest BCUT2D eigenvalue weighted by Gasteiger charge is 2.10. The van der Waals surface area contributed by atoms with Crippen molar-refractivity contribution in [2.24, 2.45) is 0 Å². The molecule has 0 unspecified atom stereocenters. The Balaban J connectivity index is 2.30. The summed E-state index contributed by atoms with van der Waals surface area (Å²) in [6.07, 6.45) is 1.25. The zero-order chi connectivity index (χ0) is 13.0. The molecule has 18 heavy (non-hydrogen) atoms. The Morgan fingerprint density at radius 3 is 2.22 bits per heavy atom. The Kier molecular flexibility index (Phi) is 3.44. The van der Waals surface area contributed by atoms with Crippen LogP contribution >= 0.6 is 0 Å². The number of benzene rings is 2. The quantitative estimate of drug-likeness (QED) is 0.492. The van der Waals surface area contributed by atoms with E-state index < -0.39 is 11.5 Å². The van der Waals surface area contributed by atoms with Crippen LogP contribution in [0.2, 0.25) is 0 Å². The van der Waals surface area contributed by atoms with Gasteiger partial charge in [-0.1, -0.05) is 48.5 Å². The molecule has 90 valence electrons. The highest BCUT2D eigenvalue weighted by atomic mass is 16.3. The Hall–Kier alpha value is -2.55. The smallest absolute Gasteiger partial charge is 0.227 e. The van der Waals surface area contributed by atoms with Crippen LogP contribution in [0.15, 0.2) is 60.4 Å². The zero-order valence-electron chi connectivity index (χ0n) is 9.58. The van der Waals surface area contributed by atoms with Crippen molar-refractivity contribution in [1.82, 2.24) is 0 Å². The van der Waals surface area contributed by atoms with E-state index in [1.165, 1.54) is 12.1 Å². The summed E-state index contributed by atoms with van der Waals surface area (Å²) in [5, 5.41) is 19.3. The van der Waals surface area contributed by atoms with Gasteiger partial charge < -0.3 is 10.2 Å². The van der Waals surface area contributed by atoms with Crippen molar-refractivity contribution in [3.8, 4) is 5.75 Å². The third kappa shape index (κ3) is 2.58. The van der Waals surface area contributed by atoms with E-state index in [0.717, 1.165) is 0 Å². The lowest BCUT2D eigenvalue weighted by atomic mass is 10.1. The fraction of sp³-hybridized carbons (Fsp3) is 0. The van der Waals surface area contributed by atoms with Crippen molar-refractivity contribution >= 4 is 11.9 Å². The van der Waals surface area contributed by atoms with E-state index in [0.29, 0.717) is 11.1 Å². The predicted octanol–water partition coefficient (Wildman–Crippen LogP) is 3.17. The van der Waals surface area contributed by atoms with Crippen LogP contribution in [0.3, 0.4) is 0 Å². The van der Waals surface area contributed by atoms with Crippen molar-refractivity contribution in [1.29, 1.82) is 0 Å². The van der Waals surface area contributed by atoms with E-state index in [2.05, 4.69) is 0 Å². The van der Waals surface area contributed by atoms with Crippen LogP contribution in [0.1, 0.15) is 15.9 Å². The van der Waals surface area contributed by atoms with Crippen molar-refractivity contribution in [3.63, 3.8) is 0 Å². The lowest BCUT2D eigenvalue weighted by Crippen LogP contribution is -2.02. The molecule has 0 fully saturated rings. The van der Waals surface area contributed by atoms with Crippen LogP contribution in [-0.4, -0.2) is 16.0 Å². The standard InChI is InChI=1S/C15H12O3/c16-13-9-5-4-8-12(13)10-14(17)15(18)11-6-2-1-3-7-11/h1-10,16-17H/b14-10-. The van der Waals surface area contributed by atoms with E-state index in [9.17, 15) is 15.0 Å². The third-order valence-electron chi connectivity index (χ3n) is 2.50. The highest BCUT2D eigenvalue weighted by Crippen LogP contribution is 2.19. The average Bonchev–Trinajstić information content (AvgIpc) is 2.41. The van der Waals surface area contributed by atoms with Crippen LogP contribution in [0.5, 0.6) is 5.75 Å². The molecule has 0 bridgehead atoms. The summed E-state index contributed by atoms with van der Waals surface area (Å²) in [7, 11) is 0. The first-order valence-corrected chi connectivity index (χ1v) is 5.47. The molecule has 0 aliphatic carbocycles. The maximum atomic E-state index is 11.9. The van der Waals surface area contributed by atoms with Crippen LogP contribution in [-0.2, 0) is 0 Å². The van der Waals surface area contributed by atoms with Gasteiger partial charge in [0.25, 0.3) is 0 Å². The minimum Gasteiger partial charge on any atom is -0.507 e. The number of phenolic OH excluding ortho intramolecular Hbond substituents is 1. The van der Waals surface area contributed by atoms with Crippen LogP contribution < -0.4 is 0 Å². The summed E-state index contributed by atoms with van der Waals surface area (Å²) in [5.41, 5.74) is 0.806. The number of aliphatic hydroxyl groups excluding tert-OH is 1. The summed E-state index contributed by atoms with van der Waals surface area (Å²) < 4.78 is 0. The summed E-state index contributed by atoms with van der Waals surface area (Å²) in [6, 6.07) is 15.0. The Morgan fingerprint density at radius 2 is 1.56 bits per heavy atom. The molecule has 0 saturated carbocycles. The molecule has 0 heterocycles. The van der Waals surface area contributed by atoms with E-state index in [1.54, 1.807) is 48.5 Å². The van der Waals surface area contributed by atoms with Gasteiger partial charge in [-0.05, 0) is 12.1 Å². The van der Waals surface area contributed by atoms with Crippen molar-refractivity contribution < 1.29 is 15.0 Å². The van der Waals surface area contributed by atoms with E-state index in [4.69, 9.17) is 0 Å². The van der Waals surface area contributed by atoms with Gasteiger partial charge in [-0.15, -0.1) is 0 Å².